The number of carbonyl (C=O) groups excluding carboxylic acids is 1. The van der Waals surface area contributed by atoms with E-state index in [1.807, 2.05) is 30.3 Å². The zero-order valence-corrected chi connectivity index (χ0v) is 16.1. The van der Waals surface area contributed by atoms with Gasteiger partial charge in [0.05, 0.1) is 5.69 Å². The molecule has 1 fully saturated rings. The second kappa shape index (κ2) is 7.64. The normalized spacial score (nSPS) is 16.4. The molecule has 1 aromatic heterocycles. The molecule has 1 aliphatic rings. The molecule has 28 heavy (non-hydrogen) atoms. The highest BCUT2D eigenvalue weighted by Crippen LogP contribution is 2.25. The third-order valence-electron chi connectivity index (χ3n) is 5.00. The summed E-state index contributed by atoms with van der Waals surface area (Å²) < 4.78 is 13.7. The van der Waals surface area contributed by atoms with Gasteiger partial charge in [0.15, 0.2) is 5.82 Å². The summed E-state index contributed by atoms with van der Waals surface area (Å²) in [5.41, 5.74) is 2.79. The van der Waals surface area contributed by atoms with Gasteiger partial charge in [-0.05, 0) is 48.7 Å². The molecule has 0 saturated carbocycles. The monoisotopic (exact) mass is 398 g/mol. The Morgan fingerprint density at radius 2 is 2.04 bits per heavy atom. The number of amides is 1. The number of H-pyrrole nitrogens is 1. The second-order valence-electron chi connectivity index (χ2n) is 7.02. The molecular formula is C21H20ClFN4O. The van der Waals surface area contributed by atoms with Crippen molar-refractivity contribution in [1.29, 1.82) is 0 Å². The Morgan fingerprint density at radius 3 is 2.79 bits per heavy atom. The Labute approximate surface area is 167 Å². The molecule has 0 radical (unpaired) electrons. The Kier molecular flexibility index (Phi) is 5.05. The molecular weight excluding hydrogens is 379 g/mol. The maximum Gasteiger partial charge on any atom is 0.251 e. The van der Waals surface area contributed by atoms with Crippen LogP contribution in [0.3, 0.4) is 0 Å². The lowest BCUT2D eigenvalue weighted by molar-refractivity contribution is 0.0940. The summed E-state index contributed by atoms with van der Waals surface area (Å²) in [6.45, 7) is 3.12. The standard InChI is InChI=1S/C21H20ClFN4O/c1-13-2-3-15(10-18(13)23)21(28)24-17-8-9-27(12-17)20-11-19(25-26-20)14-4-6-16(22)7-5-14/h2-7,10-11,17H,8-9,12H2,1H3,(H,24,28)(H,25,26)/t17-/m0/s1. The van der Waals surface area contributed by atoms with E-state index in [0.717, 1.165) is 30.0 Å². The molecule has 0 aliphatic carbocycles. The molecule has 3 aromatic rings. The van der Waals surface area contributed by atoms with E-state index in [1.165, 1.54) is 6.07 Å². The van der Waals surface area contributed by atoms with Gasteiger partial charge in [-0.15, -0.1) is 0 Å². The van der Waals surface area contributed by atoms with E-state index in [4.69, 9.17) is 11.6 Å². The van der Waals surface area contributed by atoms with Crippen LogP contribution in [0, 0.1) is 12.7 Å². The summed E-state index contributed by atoms with van der Waals surface area (Å²) in [6, 6.07) is 14.1. The lowest BCUT2D eigenvalue weighted by Crippen LogP contribution is -2.37. The summed E-state index contributed by atoms with van der Waals surface area (Å²) in [5, 5.41) is 11.1. The maximum absolute atomic E-state index is 13.7. The predicted octanol–water partition coefficient (Wildman–Crippen LogP) is 4.19. The number of aromatic nitrogens is 2. The van der Waals surface area contributed by atoms with Gasteiger partial charge in [0.1, 0.15) is 5.82 Å². The van der Waals surface area contributed by atoms with Crippen LogP contribution in [0.1, 0.15) is 22.3 Å². The van der Waals surface area contributed by atoms with E-state index in [2.05, 4.69) is 20.4 Å². The highest BCUT2D eigenvalue weighted by molar-refractivity contribution is 6.30. The third kappa shape index (κ3) is 3.87. The smallest absolute Gasteiger partial charge is 0.251 e. The topological polar surface area (TPSA) is 61.0 Å². The van der Waals surface area contributed by atoms with Crippen LogP contribution in [-0.2, 0) is 0 Å². The van der Waals surface area contributed by atoms with Crippen molar-refractivity contribution in [2.24, 2.45) is 0 Å². The Bertz CT molecular complexity index is 1000. The predicted molar refractivity (Wildman–Crippen MR) is 108 cm³/mol. The molecule has 2 N–H and O–H groups in total. The molecule has 1 aliphatic heterocycles. The molecule has 1 amide bonds. The van der Waals surface area contributed by atoms with Gasteiger partial charge in [-0.1, -0.05) is 29.8 Å². The second-order valence-corrected chi connectivity index (χ2v) is 7.45. The van der Waals surface area contributed by atoms with Crippen molar-refractivity contribution >= 4 is 23.3 Å². The van der Waals surface area contributed by atoms with E-state index in [1.54, 1.807) is 19.1 Å². The number of aryl methyl sites for hydroxylation is 1. The van der Waals surface area contributed by atoms with Crippen molar-refractivity contribution in [3.05, 3.63) is 70.5 Å². The summed E-state index contributed by atoms with van der Waals surface area (Å²) in [7, 11) is 0. The van der Waals surface area contributed by atoms with Gasteiger partial charge in [-0.2, -0.15) is 5.10 Å². The van der Waals surface area contributed by atoms with Gasteiger partial charge in [-0.25, -0.2) is 4.39 Å². The number of anilines is 1. The maximum atomic E-state index is 13.7. The molecule has 1 atom stereocenters. The van der Waals surface area contributed by atoms with Gasteiger partial charge < -0.3 is 10.2 Å². The summed E-state index contributed by atoms with van der Waals surface area (Å²) in [6.07, 6.45) is 0.809. The van der Waals surface area contributed by atoms with Crippen LogP contribution in [0.15, 0.2) is 48.5 Å². The van der Waals surface area contributed by atoms with Crippen LogP contribution in [0.25, 0.3) is 11.3 Å². The number of rotatable bonds is 4. The van der Waals surface area contributed by atoms with E-state index >= 15 is 0 Å². The lowest BCUT2D eigenvalue weighted by atomic mass is 10.1. The molecule has 1 saturated heterocycles. The fourth-order valence-corrected chi connectivity index (χ4v) is 3.47. The fraction of sp³-hybridized carbons (Fsp3) is 0.238. The van der Waals surface area contributed by atoms with Crippen molar-refractivity contribution in [2.45, 2.75) is 19.4 Å². The SMILES string of the molecule is Cc1ccc(C(=O)N[C@H]2CCN(c3cc(-c4ccc(Cl)cc4)[nH]n3)C2)cc1F. The quantitative estimate of drug-likeness (QED) is 0.692. The molecule has 2 heterocycles. The van der Waals surface area contributed by atoms with Crippen molar-refractivity contribution in [3.8, 4) is 11.3 Å². The van der Waals surface area contributed by atoms with Crippen LogP contribution in [0.2, 0.25) is 5.02 Å². The number of hydrogen-bond donors (Lipinski definition) is 2. The molecule has 144 valence electrons. The van der Waals surface area contributed by atoms with Crippen molar-refractivity contribution < 1.29 is 9.18 Å². The number of nitrogens with zero attached hydrogens (tertiary/aromatic N) is 2. The molecule has 0 unspecified atom stereocenters. The molecule has 7 heteroatoms. The largest absolute Gasteiger partial charge is 0.353 e. The fourth-order valence-electron chi connectivity index (χ4n) is 3.34. The Morgan fingerprint density at radius 1 is 1.25 bits per heavy atom. The van der Waals surface area contributed by atoms with Crippen LogP contribution in [-0.4, -0.2) is 35.2 Å². The molecule has 0 spiro atoms. The molecule has 4 rings (SSSR count). The van der Waals surface area contributed by atoms with Crippen LogP contribution < -0.4 is 10.2 Å². The van der Waals surface area contributed by atoms with E-state index in [0.29, 0.717) is 22.7 Å². The zero-order chi connectivity index (χ0) is 19.7. The number of carbonyl (C=O) groups is 1. The van der Waals surface area contributed by atoms with Gasteiger partial charge in [0.25, 0.3) is 5.91 Å². The van der Waals surface area contributed by atoms with Crippen LogP contribution >= 0.6 is 11.6 Å². The minimum absolute atomic E-state index is 0.00690. The summed E-state index contributed by atoms with van der Waals surface area (Å²) in [5.74, 6) is 0.213. The molecule has 0 bridgehead atoms. The molecule has 5 nitrogen and oxygen atoms in total. The van der Waals surface area contributed by atoms with Gasteiger partial charge in [0.2, 0.25) is 0 Å². The highest BCUT2D eigenvalue weighted by atomic mass is 35.5. The van der Waals surface area contributed by atoms with Gasteiger partial charge in [-0.3, -0.25) is 9.89 Å². The number of benzene rings is 2. The molecule has 2 aromatic carbocycles. The van der Waals surface area contributed by atoms with E-state index in [9.17, 15) is 9.18 Å². The van der Waals surface area contributed by atoms with Crippen molar-refractivity contribution in [3.63, 3.8) is 0 Å². The minimum Gasteiger partial charge on any atom is -0.353 e. The number of nitrogens with one attached hydrogen (secondary N) is 2. The van der Waals surface area contributed by atoms with Crippen molar-refractivity contribution in [2.75, 3.05) is 18.0 Å². The van der Waals surface area contributed by atoms with E-state index in [-0.39, 0.29) is 17.8 Å². The highest BCUT2D eigenvalue weighted by Gasteiger charge is 2.26. The van der Waals surface area contributed by atoms with Crippen LogP contribution in [0.4, 0.5) is 10.2 Å². The van der Waals surface area contributed by atoms with Crippen LogP contribution in [0.5, 0.6) is 0 Å². The van der Waals surface area contributed by atoms with Gasteiger partial charge in [0, 0.05) is 35.8 Å². The third-order valence-corrected chi connectivity index (χ3v) is 5.25. The summed E-state index contributed by atoms with van der Waals surface area (Å²) >= 11 is 5.94. The Balaban J connectivity index is 1.39. The average Bonchev–Trinajstić information content (AvgIpc) is 3.34. The summed E-state index contributed by atoms with van der Waals surface area (Å²) in [4.78, 5) is 14.5. The first-order valence-corrected chi connectivity index (χ1v) is 9.51. The van der Waals surface area contributed by atoms with Crippen molar-refractivity contribution in [1.82, 2.24) is 15.5 Å². The Hall–Kier alpha value is -2.86. The first-order chi connectivity index (χ1) is 13.5. The average molecular weight is 399 g/mol. The first kappa shape index (κ1) is 18.5. The number of hydrogen-bond acceptors (Lipinski definition) is 3. The lowest BCUT2D eigenvalue weighted by Gasteiger charge is -2.16. The number of halogens is 2. The van der Waals surface area contributed by atoms with Gasteiger partial charge >= 0.3 is 0 Å². The van der Waals surface area contributed by atoms with E-state index < -0.39 is 0 Å². The first-order valence-electron chi connectivity index (χ1n) is 9.13. The number of aromatic amines is 1. The minimum atomic E-state index is -0.369. The zero-order valence-electron chi connectivity index (χ0n) is 15.4.